The number of ether oxygens (including phenoxy) is 1. The van der Waals surface area contributed by atoms with Crippen molar-refractivity contribution in [1.29, 1.82) is 0 Å². The van der Waals surface area contributed by atoms with Crippen LogP contribution in [0.4, 0.5) is 0 Å². The lowest BCUT2D eigenvalue weighted by Crippen LogP contribution is -2.34. The van der Waals surface area contributed by atoms with Gasteiger partial charge in [0.2, 0.25) is 0 Å². The minimum absolute atomic E-state index is 0.198. The molecule has 0 unspecified atom stereocenters. The van der Waals surface area contributed by atoms with E-state index in [0.717, 1.165) is 0 Å². The molecule has 0 saturated carbocycles. The number of benzene rings is 2. The first-order valence-electron chi connectivity index (χ1n) is 6.63. The smallest absolute Gasteiger partial charge is 0.370 e. The summed E-state index contributed by atoms with van der Waals surface area (Å²) in [6.45, 7) is -0.449. The Morgan fingerprint density at radius 1 is 0.957 bits per heavy atom. The highest BCUT2D eigenvalue weighted by molar-refractivity contribution is 6.30. The number of nitrogens with zero attached hydrogens (tertiary/aromatic N) is 1. The van der Waals surface area contributed by atoms with E-state index in [9.17, 15) is 14.4 Å². The molecule has 7 heteroatoms. The summed E-state index contributed by atoms with van der Waals surface area (Å²) in [5, 5.41) is 0.976. The highest BCUT2D eigenvalue weighted by Gasteiger charge is 2.38. The van der Waals surface area contributed by atoms with Gasteiger partial charge in [0.15, 0.2) is 6.61 Å². The molecule has 0 bridgehead atoms. The van der Waals surface area contributed by atoms with E-state index in [0.29, 0.717) is 15.8 Å². The number of hydrogen-bond donors (Lipinski definition) is 0. The van der Waals surface area contributed by atoms with E-state index in [1.165, 1.54) is 12.1 Å². The highest BCUT2D eigenvalue weighted by atomic mass is 35.5. The lowest BCUT2D eigenvalue weighted by atomic mass is 10.1. The van der Waals surface area contributed by atoms with E-state index in [2.05, 4.69) is 0 Å². The molecule has 0 saturated heterocycles. The van der Waals surface area contributed by atoms with Crippen LogP contribution >= 0.6 is 11.6 Å². The zero-order chi connectivity index (χ0) is 16.4. The first kappa shape index (κ1) is 15.1. The van der Waals surface area contributed by atoms with Crippen LogP contribution in [0.5, 0.6) is 5.75 Å². The van der Waals surface area contributed by atoms with Crippen LogP contribution in [-0.4, -0.2) is 29.5 Å². The van der Waals surface area contributed by atoms with E-state index in [4.69, 9.17) is 21.2 Å². The fourth-order valence-corrected chi connectivity index (χ4v) is 2.18. The number of amides is 2. The molecule has 0 fully saturated rings. The minimum atomic E-state index is -0.866. The molecule has 2 aromatic rings. The van der Waals surface area contributed by atoms with Crippen LogP contribution in [0.25, 0.3) is 0 Å². The Labute approximate surface area is 136 Å². The zero-order valence-electron chi connectivity index (χ0n) is 11.7. The second-order valence-electron chi connectivity index (χ2n) is 4.66. The number of hydroxylamine groups is 2. The first-order chi connectivity index (χ1) is 11.1. The summed E-state index contributed by atoms with van der Waals surface area (Å²) in [6, 6.07) is 12.6. The van der Waals surface area contributed by atoms with Crippen molar-refractivity contribution in [3.63, 3.8) is 0 Å². The van der Waals surface area contributed by atoms with Crippen molar-refractivity contribution in [2.75, 3.05) is 6.61 Å². The summed E-state index contributed by atoms with van der Waals surface area (Å²) >= 11 is 5.74. The molecule has 0 N–H and O–H groups in total. The first-order valence-corrected chi connectivity index (χ1v) is 7.01. The van der Waals surface area contributed by atoms with Crippen molar-refractivity contribution < 1.29 is 24.0 Å². The SMILES string of the molecule is O=C(COc1ccc(Cl)cc1)ON1C(=O)c2ccccc2C1=O. The molecule has 6 nitrogen and oxygen atoms in total. The van der Waals surface area contributed by atoms with E-state index in [1.54, 1.807) is 36.4 Å². The van der Waals surface area contributed by atoms with E-state index >= 15 is 0 Å². The lowest BCUT2D eigenvalue weighted by molar-refractivity contribution is -0.170. The molecule has 0 spiro atoms. The number of hydrogen-bond acceptors (Lipinski definition) is 5. The predicted octanol–water partition coefficient (Wildman–Crippen LogP) is 2.47. The average molecular weight is 332 g/mol. The highest BCUT2D eigenvalue weighted by Crippen LogP contribution is 2.22. The maximum atomic E-state index is 12.0. The lowest BCUT2D eigenvalue weighted by Gasteiger charge is -2.13. The van der Waals surface area contributed by atoms with Gasteiger partial charge in [0, 0.05) is 5.02 Å². The van der Waals surface area contributed by atoms with Gasteiger partial charge in [-0.15, -0.1) is 0 Å². The Bertz CT molecular complexity index is 752. The molecule has 2 amide bonds. The van der Waals surface area contributed by atoms with Gasteiger partial charge in [-0.3, -0.25) is 9.59 Å². The molecule has 0 atom stereocenters. The summed E-state index contributed by atoms with van der Waals surface area (Å²) in [5.74, 6) is -1.81. The zero-order valence-corrected chi connectivity index (χ0v) is 12.4. The van der Waals surface area contributed by atoms with Gasteiger partial charge in [0.1, 0.15) is 5.75 Å². The van der Waals surface area contributed by atoms with E-state index in [1.807, 2.05) is 0 Å². The van der Waals surface area contributed by atoms with Crippen molar-refractivity contribution in [2.24, 2.45) is 0 Å². The van der Waals surface area contributed by atoms with Gasteiger partial charge in [-0.1, -0.05) is 28.8 Å². The van der Waals surface area contributed by atoms with Crippen LogP contribution in [0.1, 0.15) is 20.7 Å². The molecule has 2 aromatic carbocycles. The van der Waals surface area contributed by atoms with Crippen molar-refractivity contribution in [3.05, 3.63) is 64.7 Å². The van der Waals surface area contributed by atoms with E-state index < -0.39 is 24.4 Å². The normalized spacial score (nSPS) is 13.0. The Balaban J connectivity index is 1.62. The molecular formula is C16H10ClNO5. The molecule has 3 rings (SSSR count). The maximum Gasteiger partial charge on any atom is 0.370 e. The van der Waals surface area contributed by atoms with Gasteiger partial charge in [-0.25, -0.2) is 4.79 Å². The van der Waals surface area contributed by atoms with Crippen LogP contribution in [-0.2, 0) is 9.63 Å². The number of fused-ring (bicyclic) bond motifs is 1. The average Bonchev–Trinajstić information content (AvgIpc) is 2.80. The Kier molecular flexibility index (Phi) is 3.99. The molecule has 1 aliphatic rings. The number of carbonyl (C=O) groups is 3. The summed E-state index contributed by atoms with van der Waals surface area (Å²) in [4.78, 5) is 40.6. The Morgan fingerprint density at radius 2 is 1.52 bits per heavy atom. The monoisotopic (exact) mass is 331 g/mol. The summed E-state index contributed by atoms with van der Waals surface area (Å²) in [7, 11) is 0. The van der Waals surface area contributed by atoms with Gasteiger partial charge in [-0.05, 0) is 36.4 Å². The fraction of sp³-hybridized carbons (Fsp3) is 0.0625. The Hall–Kier alpha value is -2.86. The molecule has 1 heterocycles. The van der Waals surface area contributed by atoms with Crippen molar-refractivity contribution in [2.45, 2.75) is 0 Å². The summed E-state index contributed by atoms with van der Waals surface area (Å²) < 4.78 is 5.20. The van der Waals surface area contributed by atoms with Gasteiger partial charge in [-0.2, -0.15) is 0 Å². The number of halogens is 1. The van der Waals surface area contributed by atoms with Gasteiger partial charge in [0.05, 0.1) is 11.1 Å². The predicted molar refractivity (Wildman–Crippen MR) is 80.0 cm³/mol. The van der Waals surface area contributed by atoms with Crippen LogP contribution in [0, 0.1) is 0 Å². The second-order valence-corrected chi connectivity index (χ2v) is 5.09. The third-order valence-electron chi connectivity index (χ3n) is 3.12. The van der Waals surface area contributed by atoms with Crippen molar-refractivity contribution in [3.8, 4) is 5.75 Å². The fourth-order valence-electron chi connectivity index (χ4n) is 2.05. The Morgan fingerprint density at radius 3 is 2.09 bits per heavy atom. The molecule has 0 aliphatic carbocycles. The topological polar surface area (TPSA) is 72.9 Å². The minimum Gasteiger partial charge on any atom is -0.482 e. The third kappa shape index (κ3) is 3.02. The number of imide groups is 1. The van der Waals surface area contributed by atoms with Gasteiger partial charge >= 0.3 is 5.97 Å². The molecule has 1 aliphatic heterocycles. The van der Waals surface area contributed by atoms with Crippen molar-refractivity contribution >= 4 is 29.4 Å². The molecule has 23 heavy (non-hydrogen) atoms. The molecule has 0 radical (unpaired) electrons. The van der Waals surface area contributed by atoms with Gasteiger partial charge < -0.3 is 9.57 Å². The standard InChI is InChI=1S/C16H10ClNO5/c17-10-5-7-11(8-6-10)22-9-14(19)23-18-15(20)12-3-1-2-4-13(12)16(18)21/h1-8H,9H2. The van der Waals surface area contributed by atoms with Crippen LogP contribution in [0.15, 0.2) is 48.5 Å². The third-order valence-corrected chi connectivity index (χ3v) is 3.37. The second kappa shape index (κ2) is 6.10. The molecule has 0 aromatic heterocycles. The van der Waals surface area contributed by atoms with Gasteiger partial charge in [0.25, 0.3) is 11.8 Å². The largest absolute Gasteiger partial charge is 0.482 e. The summed E-state index contributed by atoms with van der Waals surface area (Å²) in [5.41, 5.74) is 0.396. The summed E-state index contributed by atoms with van der Waals surface area (Å²) in [6.07, 6.45) is 0. The maximum absolute atomic E-state index is 12.0. The quantitative estimate of drug-likeness (QED) is 0.805. The van der Waals surface area contributed by atoms with Crippen LogP contribution in [0.3, 0.4) is 0 Å². The molecule has 116 valence electrons. The number of carbonyl (C=O) groups excluding carboxylic acids is 3. The number of rotatable bonds is 4. The van der Waals surface area contributed by atoms with E-state index in [-0.39, 0.29) is 11.1 Å². The van der Waals surface area contributed by atoms with Crippen molar-refractivity contribution in [1.82, 2.24) is 5.06 Å². The molecular weight excluding hydrogens is 322 g/mol. The van der Waals surface area contributed by atoms with Crippen LogP contribution < -0.4 is 4.74 Å². The van der Waals surface area contributed by atoms with Crippen LogP contribution in [0.2, 0.25) is 5.02 Å².